The monoisotopic (exact) mass is 336 g/mol. The fourth-order valence-corrected chi connectivity index (χ4v) is 3.20. The molecule has 1 aliphatic carbocycles. The van der Waals surface area contributed by atoms with Crippen molar-refractivity contribution in [2.24, 2.45) is 0 Å². The highest BCUT2D eigenvalue weighted by Crippen LogP contribution is 2.24. The van der Waals surface area contributed by atoms with Gasteiger partial charge in [0.15, 0.2) is 5.78 Å². The van der Waals surface area contributed by atoms with Gasteiger partial charge in [0, 0.05) is 11.1 Å². The molecule has 5 nitrogen and oxygen atoms in total. The number of benzene rings is 2. The molecule has 0 saturated carbocycles. The van der Waals surface area contributed by atoms with E-state index in [1.165, 1.54) is 28.1 Å². The predicted octanol–water partition coefficient (Wildman–Crippen LogP) is 3.41. The third-order valence-corrected chi connectivity index (χ3v) is 4.62. The van der Waals surface area contributed by atoms with E-state index >= 15 is 0 Å². The number of aromatic nitrogens is 4. The average Bonchev–Trinajstić information content (AvgIpc) is 3.29. The number of fused-ring (bicyclic) bond motifs is 1. The highest BCUT2D eigenvalue weighted by molar-refractivity contribution is 5.98. The summed E-state index contributed by atoms with van der Waals surface area (Å²) in [6.07, 6.45) is 3.25. The van der Waals surface area contributed by atoms with Gasteiger partial charge in [0.25, 0.3) is 0 Å². The molecule has 1 aromatic heterocycles. The Morgan fingerprint density at radius 1 is 1.16 bits per heavy atom. The Balaban J connectivity index is 1.58. The molecule has 3 aromatic rings. The number of tetrazole rings is 1. The van der Waals surface area contributed by atoms with Crippen molar-refractivity contribution in [3.05, 3.63) is 65.0 Å². The summed E-state index contributed by atoms with van der Waals surface area (Å²) in [6.45, 7) is 1.74. The first-order valence-corrected chi connectivity index (χ1v) is 8.33. The van der Waals surface area contributed by atoms with Gasteiger partial charge in [-0.2, -0.15) is 4.80 Å². The van der Waals surface area contributed by atoms with Gasteiger partial charge in [-0.05, 0) is 60.7 Å². The molecule has 0 aliphatic heterocycles. The van der Waals surface area contributed by atoms with Gasteiger partial charge in [-0.15, -0.1) is 10.2 Å². The first kappa shape index (κ1) is 15.6. The van der Waals surface area contributed by atoms with Crippen molar-refractivity contribution in [2.45, 2.75) is 32.2 Å². The van der Waals surface area contributed by atoms with Crippen LogP contribution in [0.5, 0.6) is 0 Å². The maximum atomic E-state index is 13.3. The van der Waals surface area contributed by atoms with Crippen LogP contribution in [0.2, 0.25) is 0 Å². The number of hydrogen-bond acceptors (Lipinski definition) is 4. The Bertz CT molecular complexity index is 950. The Morgan fingerprint density at radius 3 is 2.84 bits per heavy atom. The second-order valence-corrected chi connectivity index (χ2v) is 6.32. The molecule has 2 aromatic carbocycles. The van der Waals surface area contributed by atoms with E-state index in [0.717, 1.165) is 19.3 Å². The van der Waals surface area contributed by atoms with Crippen LogP contribution in [0.25, 0.3) is 11.4 Å². The minimum Gasteiger partial charge on any atom is -0.292 e. The van der Waals surface area contributed by atoms with Crippen LogP contribution in [0, 0.1) is 5.82 Å². The van der Waals surface area contributed by atoms with Crippen LogP contribution in [0.3, 0.4) is 0 Å². The summed E-state index contributed by atoms with van der Waals surface area (Å²) in [7, 11) is 0. The van der Waals surface area contributed by atoms with E-state index in [-0.39, 0.29) is 11.6 Å². The molecule has 1 atom stereocenters. The number of carbonyl (C=O) groups excluding carboxylic acids is 1. The van der Waals surface area contributed by atoms with E-state index < -0.39 is 6.04 Å². The lowest BCUT2D eigenvalue weighted by atomic mass is 10.0. The summed E-state index contributed by atoms with van der Waals surface area (Å²) in [4.78, 5) is 14.0. The zero-order valence-corrected chi connectivity index (χ0v) is 13.8. The molecule has 25 heavy (non-hydrogen) atoms. The topological polar surface area (TPSA) is 60.7 Å². The van der Waals surface area contributed by atoms with Crippen molar-refractivity contribution in [3.63, 3.8) is 0 Å². The highest BCUT2D eigenvalue weighted by Gasteiger charge is 2.22. The molecule has 0 bridgehead atoms. The van der Waals surface area contributed by atoms with Gasteiger partial charge in [-0.25, -0.2) is 4.39 Å². The van der Waals surface area contributed by atoms with Crippen LogP contribution < -0.4 is 0 Å². The van der Waals surface area contributed by atoms with E-state index in [4.69, 9.17) is 0 Å². The Labute approximate surface area is 144 Å². The maximum Gasteiger partial charge on any atom is 0.205 e. The summed E-state index contributed by atoms with van der Waals surface area (Å²) in [5.74, 6) is -0.123. The fourth-order valence-electron chi connectivity index (χ4n) is 3.20. The molecule has 4 rings (SSSR count). The van der Waals surface area contributed by atoms with Gasteiger partial charge >= 0.3 is 0 Å². The maximum absolute atomic E-state index is 13.3. The first-order chi connectivity index (χ1) is 12.1. The van der Waals surface area contributed by atoms with Crippen LogP contribution in [0.15, 0.2) is 42.5 Å². The summed E-state index contributed by atoms with van der Waals surface area (Å²) in [5.41, 5.74) is 3.78. The second-order valence-electron chi connectivity index (χ2n) is 6.32. The summed E-state index contributed by atoms with van der Waals surface area (Å²) >= 11 is 0. The van der Waals surface area contributed by atoms with E-state index in [9.17, 15) is 9.18 Å². The number of ketones is 1. The summed E-state index contributed by atoms with van der Waals surface area (Å²) in [6, 6.07) is 11.3. The normalized spacial score (nSPS) is 14.3. The van der Waals surface area contributed by atoms with Crippen LogP contribution >= 0.6 is 0 Å². The Kier molecular flexibility index (Phi) is 3.87. The molecule has 0 N–H and O–H groups in total. The summed E-state index contributed by atoms with van der Waals surface area (Å²) < 4.78 is 13.3. The SMILES string of the molecule is CC(C(=O)c1ccc2c(c1)CCC2)n1nnc(-c2cccc(F)c2)n1. The smallest absolute Gasteiger partial charge is 0.205 e. The number of carbonyl (C=O) groups is 1. The minimum absolute atomic E-state index is 0.0575. The van der Waals surface area contributed by atoms with Crippen molar-refractivity contribution in [1.82, 2.24) is 20.2 Å². The number of aryl methyl sites for hydroxylation is 2. The Hall–Kier alpha value is -2.89. The van der Waals surface area contributed by atoms with Gasteiger partial charge in [0.05, 0.1) is 0 Å². The van der Waals surface area contributed by atoms with Crippen molar-refractivity contribution in [2.75, 3.05) is 0 Å². The molecule has 1 heterocycles. The quantitative estimate of drug-likeness (QED) is 0.685. The van der Waals surface area contributed by atoms with E-state index in [1.807, 2.05) is 18.2 Å². The zero-order chi connectivity index (χ0) is 17.4. The molecule has 6 heteroatoms. The second kappa shape index (κ2) is 6.20. The van der Waals surface area contributed by atoms with Crippen molar-refractivity contribution >= 4 is 5.78 Å². The third kappa shape index (κ3) is 2.95. The highest BCUT2D eigenvalue weighted by atomic mass is 19.1. The van der Waals surface area contributed by atoms with Crippen LogP contribution in [0.4, 0.5) is 4.39 Å². The largest absolute Gasteiger partial charge is 0.292 e. The molecule has 0 fully saturated rings. The van der Waals surface area contributed by atoms with Gasteiger partial charge < -0.3 is 0 Å². The average molecular weight is 336 g/mol. The van der Waals surface area contributed by atoms with Gasteiger partial charge in [-0.1, -0.05) is 24.3 Å². The Morgan fingerprint density at radius 2 is 2.00 bits per heavy atom. The number of rotatable bonds is 4. The third-order valence-electron chi connectivity index (χ3n) is 4.62. The molecule has 0 amide bonds. The molecule has 0 spiro atoms. The fraction of sp³-hybridized carbons (Fsp3) is 0.263. The standard InChI is InChI=1S/C19H17FN4O/c1-12(18(25)15-9-8-13-4-2-5-14(13)10-15)24-22-19(21-23-24)16-6-3-7-17(20)11-16/h3,6-12H,2,4-5H2,1H3. The first-order valence-electron chi connectivity index (χ1n) is 8.33. The van der Waals surface area contributed by atoms with Crippen molar-refractivity contribution < 1.29 is 9.18 Å². The van der Waals surface area contributed by atoms with Crippen LogP contribution in [-0.2, 0) is 12.8 Å². The lowest BCUT2D eigenvalue weighted by Gasteiger charge is -2.10. The minimum atomic E-state index is -0.575. The van der Waals surface area contributed by atoms with Crippen LogP contribution in [-0.4, -0.2) is 26.0 Å². The lowest BCUT2D eigenvalue weighted by Crippen LogP contribution is -2.19. The van der Waals surface area contributed by atoms with Crippen molar-refractivity contribution in [3.8, 4) is 11.4 Å². The summed E-state index contributed by atoms with van der Waals surface area (Å²) in [5, 5.41) is 12.2. The van der Waals surface area contributed by atoms with Gasteiger partial charge in [-0.3, -0.25) is 4.79 Å². The lowest BCUT2D eigenvalue weighted by molar-refractivity contribution is 0.0918. The number of halogens is 1. The molecule has 1 unspecified atom stereocenters. The van der Waals surface area contributed by atoms with Crippen LogP contribution in [0.1, 0.15) is 40.9 Å². The molecule has 0 radical (unpaired) electrons. The van der Waals surface area contributed by atoms with E-state index in [2.05, 4.69) is 15.4 Å². The van der Waals surface area contributed by atoms with Gasteiger partial charge in [0.1, 0.15) is 11.9 Å². The van der Waals surface area contributed by atoms with E-state index in [0.29, 0.717) is 17.0 Å². The predicted molar refractivity (Wildman–Crippen MR) is 90.7 cm³/mol. The zero-order valence-electron chi connectivity index (χ0n) is 13.8. The number of Topliss-reactive ketones (excluding diaryl/α,β-unsaturated/α-hetero) is 1. The van der Waals surface area contributed by atoms with Gasteiger partial charge in [0.2, 0.25) is 5.82 Å². The number of hydrogen-bond donors (Lipinski definition) is 0. The molecular formula is C19H17FN4O. The molecular weight excluding hydrogens is 319 g/mol. The van der Waals surface area contributed by atoms with E-state index in [1.54, 1.807) is 19.1 Å². The van der Waals surface area contributed by atoms with Crippen molar-refractivity contribution in [1.29, 1.82) is 0 Å². The number of nitrogens with zero attached hydrogens (tertiary/aromatic N) is 4. The molecule has 0 saturated heterocycles. The molecule has 126 valence electrons. The molecule has 1 aliphatic rings.